The molecule has 0 radical (unpaired) electrons. The number of nitrogens with one attached hydrogen (secondary N) is 1. The van der Waals surface area contributed by atoms with Crippen molar-refractivity contribution >= 4 is 46.4 Å². The number of hydrogen-bond acceptors (Lipinski definition) is 2. The van der Waals surface area contributed by atoms with E-state index in [1.54, 1.807) is 54.6 Å². The van der Waals surface area contributed by atoms with Gasteiger partial charge in [-0.2, -0.15) is 0 Å². The van der Waals surface area contributed by atoms with Crippen molar-refractivity contribution in [3.05, 3.63) is 92.9 Å². The van der Waals surface area contributed by atoms with Crippen molar-refractivity contribution in [3.63, 3.8) is 0 Å². The van der Waals surface area contributed by atoms with Crippen molar-refractivity contribution in [1.82, 2.24) is 0 Å². The zero-order valence-electron chi connectivity index (χ0n) is 13.5. The summed E-state index contributed by atoms with van der Waals surface area (Å²) in [7, 11) is 0. The van der Waals surface area contributed by atoms with Crippen molar-refractivity contribution in [1.29, 1.82) is 0 Å². The first-order valence-electron chi connectivity index (χ1n) is 7.75. The number of carbonyl (C=O) groups excluding carboxylic acids is 1. The van der Waals surface area contributed by atoms with Gasteiger partial charge in [0.15, 0.2) is 0 Å². The fourth-order valence-corrected chi connectivity index (χ4v) is 2.82. The Morgan fingerprint density at radius 1 is 0.846 bits per heavy atom. The molecule has 3 rings (SSSR count). The summed E-state index contributed by atoms with van der Waals surface area (Å²) < 4.78 is 5.68. The topological polar surface area (TPSA) is 38.3 Å². The summed E-state index contributed by atoms with van der Waals surface area (Å²) in [6.45, 7) is 0.395. The van der Waals surface area contributed by atoms with Crippen LogP contribution in [0, 0.1) is 0 Å². The first kappa shape index (κ1) is 18.6. The summed E-state index contributed by atoms with van der Waals surface area (Å²) in [5.74, 6) is 0.480. The maximum atomic E-state index is 12.3. The van der Waals surface area contributed by atoms with E-state index < -0.39 is 0 Å². The smallest absolute Gasteiger partial charge is 0.255 e. The fourth-order valence-electron chi connectivity index (χ4n) is 2.24. The zero-order valence-corrected chi connectivity index (χ0v) is 15.8. The Bertz CT molecular complexity index is 909. The Balaban J connectivity index is 1.61. The first-order chi connectivity index (χ1) is 12.5. The SMILES string of the molecule is O=C(Nc1ccc(Cl)cc1Cl)c1ccc(COc2ccc(Cl)cc2)cc1. The standard InChI is InChI=1S/C20H14Cl3NO2/c21-15-5-8-17(9-6-15)26-12-13-1-3-14(4-2-13)20(25)24-19-10-7-16(22)11-18(19)23/h1-11H,12H2,(H,24,25). The van der Waals surface area contributed by atoms with E-state index in [-0.39, 0.29) is 5.91 Å². The van der Waals surface area contributed by atoms with Gasteiger partial charge >= 0.3 is 0 Å². The maximum absolute atomic E-state index is 12.3. The molecular formula is C20H14Cl3NO2. The van der Waals surface area contributed by atoms with Crippen molar-refractivity contribution in [2.24, 2.45) is 0 Å². The number of halogens is 3. The molecule has 0 heterocycles. The molecule has 1 amide bonds. The molecule has 0 fully saturated rings. The summed E-state index contributed by atoms with van der Waals surface area (Å²) >= 11 is 17.8. The number of anilines is 1. The zero-order chi connectivity index (χ0) is 18.5. The summed E-state index contributed by atoms with van der Waals surface area (Å²) in [4.78, 5) is 12.3. The minimum absolute atomic E-state index is 0.251. The van der Waals surface area contributed by atoms with Crippen molar-refractivity contribution < 1.29 is 9.53 Å². The Hall–Kier alpha value is -2.20. The van der Waals surface area contributed by atoms with Gasteiger partial charge in [-0.05, 0) is 60.2 Å². The minimum atomic E-state index is -0.251. The highest BCUT2D eigenvalue weighted by molar-refractivity contribution is 6.36. The van der Waals surface area contributed by atoms with Gasteiger partial charge in [-0.1, -0.05) is 46.9 Å². The lowest BCUT2D eigenvalue weighted by Gasteiger charge is -2.09. The van der Waals surface area contributed by atoms with Crippen LogP contribution in [0.2, 0.25) is 15.1 Å². The lowest BCUT2D eigenvalue weighted by molar-refractivity contribution is 0.102. The number of ether oxygens (including phenoxy) is 1. The van der Waals surface area contributed by atoms with Gasteiger partial charge in [0.1, 0.15) is 12.4 Å². The monoisotopic (exact) mass is 405 g/mol. The fraction of sp³-hybridized carbons (Fsp3) is 0.0500. The summed E-state index contributed by atoms with van der Waals surface area (Å²) in [5, 5.41) is 4.32. The van der Waals surface area contributed by atoms with Crippen molar-refractivity contribution in [2.45, 2.75) is 6.61 Å². The second-order valence-electron chi connectivity index (χ2n) is 5.52. The van der Waals surface area contributed by atoms with Crippen LogP contribution >= 0.6 is 34.8 Å². The predicted molar refractivity (Wildman–Crippen MR) is 107 cm³/mol. The lowest BCUT2D eigenvalue weighted by atomic mass is 10.1. The predicted octanol–water partition coefficient (Wildman–Crippen LogP) is 6.48. The maximum Gasteiger partial charge on any atom is 0.255 e. The Kier molecular flexibility index (Phi) is 6.04. The largest absolute Gasteiger partial charge is 0.489 e. The van der Waals surface area contributed by atoms with E-state index in [9.17, 15) is 4.79 Å². The van der Waals surface area contributed by atoms with Gasteiger partial charge in [0.2, 0.25) is 0 Å². The Morgan fingerprint density at radius 2 is 1.50 bits per heavy atom. The van der Waals surface area contributed by atoms with Gasteiger partial charge < -0.3 is 10.1 Å². The molecule has 3 aromatic carbocycles. The average Bonchev–Trinajstić information content (AvgIpc) is 2.64. The van der Waals surface area contributed by atoms with Crippen molar-refractivity contribution in [2.75, 3.05) is 5.32 Å². The summed E-state index contributed by atoms with van der Waals surface area (Å²) in [6, 6.07) is 19.2. The molecule has 6 heteroatoms. The van der Waals surface area contributed by atoms with Gasteiger partial charge in [-0.15, -0.1) is 0 Å². The van der Waals surface area contributed by atoms with Crippen LogP contribution in [-0.2, 0) is 6.61 Å². The molecule has 0 saturated heterocycles. The van der Waals surface area contributed by atoms with E-state index in [0.717, 1.165) is 11.3 Å². The van der Waals surface area contributed by atoms with Gasteiger partial charge in [-0.25, -0.2) is 0 Å². The second kappa shape index (κ2) is 8.45. The van der Waals surface area contributed by atoms with E-state index in [0.29, 0.717) is 32.9 Å². The molecule has 0 atom stereocenters. The van der Waals surface area contributed by atoms with Gasteiger partial charge in [0, 0.05) is 15.6 Å². The highest BCUT2D eigenvalue weighted by Gasteiger charge is 2.09. The molecule has 0 aliphatic rings. The van der Waals surface area contributed by atoms with Crippen LogP contribution in [0.5, 0.6) is 5.75 Å². The second-order valence-corrected chi connectivity index (χ2v) is 6.80. The number of amides is 1. The van der Waals surface area contributed by atoms with Crippen LogP contribution in [0.15, 0.2) is 66.7 Å². The lowest BCUT2D eigenvalue weighted by Crippen LogP contribution is -2.12. The quantitative estimate of drug-likeness (QED) is 0.526. The van der Waals surface area contributed by atoms with E-state index in [1.165, 1.54) is 0 Å². The van der Waals surface area contributed by atoms with Crippen LogP contribution in [0.3, 0.4) is 0 Å². The molecule has 0 aromatic heterocycles. The third kappa shape index (κ3) is 4.92. The average molecular weight is 407 g/mol. The minimum Gasteiger partial charge on any atom is -0.489 e. The Morgan fingerprint density at radius 3 is 2.15 bits per heavy atom. The third-order valence-electron chi connectivity index (χ3n) is 3.61. The number of carbonyl (C=O) groups is 1. The van der Waals surface area contributed by atoms with Crippen LogP contribution in [0.4, 0.5) is 5.69 Å². The molecule has 3 aromatic rings. The first-order valence-corrected chi connectivity index (χ1v) is 8.88. The molecule has 1 N–H and O–H groups in total. The van der Waals surface area contributed by atoms with Gasteiger partial charge in [0.05, 0.1) is 10.7 Å². The van der Waals surface area contributed by atoms with E-state index >= 15 is 0 Å². The van der Waals surface area contributed by atoms with E-state index in [4.69, 9.17) is 39.5 Å². The van der Waals surface area contributed by atoms with Crippen LogP contribution in [-0.4, -0.2) is 5.91 Å². The molecule has 132 valence electrons. The van der Waals surface area contributed by atoms with Crippen molar-refractivity contribution in [3.8, 4) is 5.75 Å². The molecule has 0 aliphatic carbocycles. The molecule has 0 saturated carbocycles. The van der Waals surface area contributed by atoms with E-state index in [2.05, 4.69) is 5.32 Å². The van der Waals surface area contributed by atoms with Gasteiger partial charge in [-0.3, -0.25) is 4.79 Å². The van der Waals surface area contributed by atoms with Crippen LogP contribution < -0.4 is 10.1 Å². The Labute approximate surface area is 166 Å². The normalized spacial score (nSPS) is 10.4. The molecule has 0 spiro atoms. The molecule has 0 bridgehead atoms. The highest BCUT2D eigenvalue weighted by atomic mass is 35.5. The third-order valence-corrected chi connectivity index (χ3v) is 4.41. The number of hydrogen-bond donors (Lipinski definition) is 1. The van der Waals surface area contributed by atoms with Gasteiger partial charge in [0.25, 0.3) is 5.91 Å². The highest BCUT2D eigenvalue weighted by Crippen LogP contribution is 2.26. The van der Waals surface area contributed by atoms with Crippen LogP contribution in [0.1, 0.15) is 15.9 Å². The number of rotatable bonds is 5. The summed E-state index contributed by atoms with van der Waals surface area (Å²) in [6.07, 6.45) is 0. The number of benzene rings is 3. The molecular weight excluding hydrogens is 393 g/mol. The molecule has 3 nitrogen and oxygen atoms in total. The molecule has 0 unspecified atom stereocenters. The summed E-state index contributed by atoms with van der Waals surface area (Å²) in [5.41, 5.74) is 1.98. The van der Waals surface area contributed by atoms with Crippen LogP contribution in [0.25, 0.3) is 0 Å². The van der Waals surface area contributed by atoms with E-state index in [1.807, 2.05) is 12.1 Å². The molecule has 0 aliphatic heterocycles. The molecule has 26 heavy (non-hydrogen) atoms.